The van der Waals surface area contributed by atoms with E-state index in [1.807, 2.05) is 43.0 Å². The Balaban J connectivity index is 1.67. The number of carbonyl (C=O) groups excluding carboxylic acids is 1. The van der Waals surface area contributed by atoms with Gasteiger partial charge in [0.25, 0.3) is 0 Å². The molecule has 1 N–H and O–H groups in total. The Kier molecular flexibility index (Phi) is 7.04. The molecule has 1 aliphatic heterocycles. The Morgan fingerprint density at radius 1 is 1.11 bits per heavy atom. The van der Waals surface area contributed by atoms with Crippen molar-refractivity contribution in [3.05, 3.63) is 65.5 Å². The number of amides is 2. The van der Waals surface area contributed by atoms with Crippen LogP contribution in [0.15, 0.2) is 48.5 Å². The van der Waals surface area contributed by atoms with E-state index in [2.05, 4.69) is 20.8 Å². The van der Waals surface area contributed by atoms with E-state index in [1.165, 1.54) is 12.1 Å². The second-order valence-corrected chi connectivity index (χ2v) is 11.5. The highest BCUT2D eigenvalue weighted by Crippen LogP contribution is 2.57. The average molecular weight is 497 g/mol. The number of fused-ring (bicyclic) bond motifs is 2. The first-order chi connectivity index (χ1) is 16.9. The molecule has 0 aromatic heterocycles. The number of ether oxygens (including phenoxy) is 1. The maximum Gasteiger partial charge on any atom is 0.407 e. The van der Waals surface area contributed by atoms with Crippen LogP contribution in [-0.2, 0) is 17.8 Å². The lowest BCUT2D eigenvalue weighted by Crippen LogP contribution is -2.67. The average Bonchev–Trinajstić information content (AvgIpc) is 3.37. The van der Waals surface area contributed by atoms with Gasteiger partial charge in [-0.1, -0.05) is 45.0 Å². The van der Waals surface area contributed by atoms with E-state index in [0.29, 0.717) is 13.1 Å². The second kappa shape index (κ2) is 9.75. The molecule has 2 amide bonds. The number of likely N-dealkylation sites (tertiary alicyclic amines) is 1. The van der Waals surface area contributed by atoms with Crippen molar-refractivity contribution in [1.29, 1.82) is 0 Å². The fourth-order valence-corrected chi connectivity index (χ4v) is 6.26. The van der Waals surface area contributed by atoms with Gasteiger partial charge in [0.1, 0.15) is 11.6 Å². The Bertz CT molecular complexity index is 1090. The zero-order valence-electron chi connectivity index (χ0n) is 21.8. The van der Waals surface area contributed by atoms with Gasteiger partial charge < -0.3 is 14.7 Å². The molecule has 1 heterocycles. The summed E-state index contributed by atoms with van der Waals surface area (Å²) in [5.41, 5.74) is 0.620. The highest BCUT2D eigenvalue weighted by Gasteiger charge is 2.65. The van der Waals surface area contributed by atoms with Crippen LogP contribution in [0, 0.1) is 17.2 Å². The normalized spacial score (nSPS) is 23.2. The number of piperidine rings is 1. The van der Waals surface area contributed by atoms with Gasteiger partial charge in [0.05, 0.1) is 24.1 Å². The first kappa shape index (κ1) is 26.0. The topological polar surface area (TPSA) is 70.1 Å². The Hall–Kier alpha value is -3.09. The molecule has 7 heteroatoms. The molecule has 6 nitrogen and oxygen atoms in total. The number of carbonyl (C=O) groups is 2. The van der Waals surface area contributed by atoms with Gasteiger partial charge >= 0.3 is 6.09 Å². The molecule has 0 unspecified atom stereocenters. The summed E-state index contributed by atoms with van der Waals surface area (Å²) < 4.78 is 19.3. The van der Waals surface area contributed by atoms with Crippen molar-refractivity contribution in [2.45, 2.75) is 78.1 Å². The van der Waals surface area contributed by atoms with E-state index >= 15 is 0 Å². The summed E-state index contributed by atoms with van der Waals surface area (Å²) in [6.07, 6.45) is 0.813. The molecule has 0 radical (unpaired) electrons. The van der Waals surface area contributed by atoms with Gasteiger partial charge in [0.15, 0.2) is 0 Å². The molecule has 2 aliphatic rings. The van der Waals surface area contributed by atoms with Crippen molar-refractivity contribution in [2.24, 2.45) is 11.3 Å². The summed E-state index contributed by atoms with van der Waals surface area (Å²) in [5.74, 6) is 0.564. The lowest BCUT2D eigenvalue weighted by molar-refractivity contribution is -0.140. The molecule has 2 bridgehead atoms. The SMILES string of the molecule is CC(C)Oc1ccc(CC(=O)N(Cc2ccc(F)cc2)[C@H]2C[C@H]3CN(C(=O)O)[C@@]2(C(C)(C)C)C3)cc1. The molecule has 36 heavy (non-hydrogen) atoms. The number of nitrogens with zero attached hydrogens (tertiary/aromatic N) is 2. The second-order valence-electron chi connectivity index (χ2n) is 11.5. The van der Waals surface area contributed by atoms with Crippen molar-refractivity contribution in [1.82, 2.24) is 9.80 Å². The first-order valence-electron chi connectivity index (χ1n) is 12.7. The lowest BCUT2D eigenvalue weighted by atomic mass is 9.69. The van der Waals surface area contributed by atoms with E-state index in [0.717, 1.165) is 29.7 Å². The monoisotopic (exact) mass is 496 g/mol. The van der Waals surface area contributed by atoms with Crippen molar-refractivity contribution in [3.8, 4) is 5.75 Å². The summed E-state index contributed by atoms with van der Waals surface area (Å²) in [7, 11) is 0. The van der Waals surface area contributed by atoms with Gasteiger partial charge in [-0.3, -0.25) is 9.69 Å². The molecule has 3 atom stereocenters. The third-order valence-electron chi connectivity index (χ3n) is 7.77. The van der Waals surface area contributed by atoms with E-state index in [9.17, 15) is 19.1 Å². The molecule has 1 saturated carbocycles. The Morgan fingerprint density at radius 2 is 1.72 bits per heavy atom. The molecule has 1 saturated heterocycles. The van der Waals surface area contributed by atoms with Gasteiger partial charge in [0, 0.05) is 13.1 Å². The highest BCUT2D eigenvalue weighted by molar-refractivity contribution is 5.80. The summed E-state index contributed by atoms with van der Waals surface area (Å²) in [4.78, 5) is 29.7. The van der Waals surface area contributed by atoms with Crippen LogP contribution in [0.4, 0.5) is 9.18 Å². The highest BCUT2D eigenvalue weighted by atomic mass is 19.1. The smallest absolute Gasteiger partial charge is 0.407 e. The van der Waals surface area contributed by atoms with E-state index in [1.54, 1.807) is 17.0 Å². The van der Waals surface area contributed by atoms with Crippen LogP contribution in [0.1, 0.15) is 58.6 Å². The predicted octanol–water partition coefficient (Wildman–Crippen LogP) is 5.74. The summed E-state index contributed by atoms with van der Waals surface area (Å²) in [5, 5.41) is 10.1. The molecule has 2 aromatic carbocycles. The standard InChI is InChI=1S/C29H37FN2O4/c1-19(2)36-24-12-8-20(9-13-24)15-26(33)31(17-21-6-10-23(30)11-7-21)25-14-22-16-29(25,28(3,4)5)32(18-22)27(34)35/h6-13,19,22,25H,14-18H2,1-5H3,(H,34,35)/t22-,25+,29+/m1/s1. The molecular formula is C29H37FN2O4. The minimum atomic E-state index is -0.938. The molecule has 4 rings (SSSR count). The molecular weight excluding hydrogens is 459 g/mol. The van der Waals surface area contributed by atoms with Gasteiger partial charge in [-0.05, 0) is 73.4 Å². The van der Waals surface area contributed by atoms with Crippen LogP contribution >= 0.6 is 0 Å². The van der Waals surface area contributed by atoms with Crippen molar-refractivity contribution in [2.75, 3.05) is 6.54 Å². The third kappa shape index (κ3) is 4.93. The van der Waals surface area contributed by atoms with Crippen LogP contribution in [0.5, 0.6) is 5.75 Å². The zero-order chi connectivity index (χ0) is 26.3. The number of hydrogen-bond donors (Lipinski definition) is 1. The van der Waals surface area contributed by atoms with Crippen LogP contribution in [0.3, 0.4) is 0 Å². The largest absolute Gasteiger partial charge is 0.491 e. The number of rotatable bonds is 7. The molecule has 194 valence electrons. The van der Waals surface area contributed by atoms with Crippen molar-refractivity contribution < 1.29 is 23.8 Å². The number of carboxylic acid groups (broad SMARTS) is 1. The van der Waals surface area contributed by atoms with Gasteiger partial charge in [-0.2, -0.15) is 0 Å². The first-order valence-corrected chi connectivity index (χ1v) is 12.7. The minimum absolute atomic E-state index is 0.0623. The fourth-order valence-electron chi connectivity index (χ4n) is 6.26. The summed E-state index contributed by atoms with van der Waals surface area (Å²) in [6.45, 7) is 10.9. The minimum Gasteiger partial charge on any atom is -0.491 e. The maximum absolute atomic E-state index is 13.9. The Labute approximate surface area is 213 Å². The summed E-state index contributed by atoms with van der Waals surface area (Å²) >= 11 is 0. The number of benzene rings is 2. The van der Waals surface area contributed by atoms with Gasteiger partial charge in [0.2, 0.25) is 5.91 Å². The molecule has 1 aliphatic carbocycles. The van der Waals surface area contributed by atoms with Crippen molar-refractivity contribution >= 4 is 12.0 Å². The van der Waals surface area contributed by atoms with E-state index in [4.69, 9.17) is 4.74 Å². The number of halogens is 1. The van der Waals surface area contributed by atoms with Crippen LogP contribution in [0.25, 0.3) is 0 Å². The molecule has 2 fully saturated rings. The van der Waals surface area contributed by atoms with Crippen molar-refractivity contribution in [3.63, 3.8) is 0 Å². The fraction of sp³-hybridized carbons (Fsp3) is 0.517. The third-order valence-corrected chi connectivity index (χ3v) is 7.77. The van der Waals surface area contributed by atoms with Crippen LogP contribution in [0.2, 0.25) is 0 Å². The van der Waals surface area contributed by atoms with E-state index < -0.39 is 11.6 Å². The zero-order valence-corrected chi connectivity index (χ0v) is 21.8. The molecule has 0 spiro atoms. The van der Waals surface area contributed by atoms with E-state index in [-0.39, 0.29) is 41.6 Å². The number of hydrogen-bond acceptors (Lipinski definition) is 3. The lowest BCUT2D eigenvalue weighted by Gasteiger charge is -2.54. The van der Waals surface area contributed by atoms with Crippen LogP contribution in [-0.4, -0.2) is 51.1 Å². The van der Waals surface area contributed by atoms with Crippen LogP contribution < -0.4 is 4.74 Å². The maximum atomic E-state index is 13.9. The molecule has 2 aromatic rings. The summed E-state index contributed by atoms with van der Waals surface area (Å²) in [6, 6.07) is 13.4. The van der Waals surface area contributed by atoms with Gasteiger partial charge in [-0.15, -0.1) is 0 Å². The quantitative estimate of drug-likeness (QED) is 0.531. The predicted molar refractivity (Wildman–Crippen MR) is 136 cm³/mol. The Morgan fingerprint density at radius 3 is 2.28 bits per heavy atom. The van der Waals surface area contributed by atoms with Gasteiger partial charge in [-0.25, -0.2) is 9.18 Å².